The molecule has 2 saturated carbocycles. The van der Waals surface area contributed by atoms with E-state index in [1.54, 1.807) is 0 Å². The minimum Gasteiger partial charge on any atom is -0.329 e. The maximum atomic E-state index is 4.89. The van der Waals surface area contributed by atoms with Crippen molar-refractivity contribution in [3.8, 4) is 11.5 Å². The molecule has 0 N–H and O–H groups in total. The van der Waals surface area contributed by atoms with Crippen molar-refractivity contribution in [2.45, 2.75) is 37.6 Å². The Morgan fingerprint density at radius 2 is 1.93 bits per heavy atom. The lowest BCUT2D eigenvalue weighted by molar-refractivity contribution is 0.743. The average molecular weight is 382 g/mol. The summed E-state index contributed by atoms with van der Waals surface area (Å²) in [6, 6.07) is 11.0. The summed E-state index contributed by atoms with van der Waals surface area (Å²) in [7, 11) is 0. The van der Waals surface area contributed by atoms with Crippen LogP contribution in [-0.4, -0.2) is 31.3 Å². The van der Waals surface area contributed by atoms with Gasteiger partial charge in [0.2, 0.25) is 0 Å². The maximum absolute atomic E-state index is 4.89. The first-order chi connectivity index (χ1) is 14.3. The second kappa shape index (κ2) is 6.65. The molecule has 0 bridgehead atoms. The van der Waals surface area contributed by atoms with Gasteiger partial charge in [0.1, 0.15) is 17.8 Å². The molecular weight excluding hydrogens is 360 g/mol. The summed E-state index contributed by atoms with van der Waals surface area (Å²) in [4.78, 5) is 11.7. The molecular formula is C23H22N6. The molecule has 0 radical (unpaired) electrons. The van der Waals surface area contributed by atoms with Gasteiger partial charge in [-0.1, -0.05) is 24.3 Å². The van der Waals surface area contributed by atoms with E-state index in [0.717, 1.165) is 35.0 Å². The van der Waals surface area contributed by atoms with Crippen LogP contribution in [0.2, 0.25) is 0 Å². The minimum absolute atomic E-state index is 0.529. The molecule has 6 heteroatoms. The lowest BCUT2D eigenvalue weighted by Crippen LogP contribution is -2.20. The van der Waals surface area contributed by atoms with Crippen molar-refractivity contribution < 1.29 is 0 Å². The van der Waals surface area contributed by atoms with E-state index in [1.807, 2.05) is 30.7 Å². The Balaban J connectivity index is 1.29. The summed E-state index contributed by atoms with van der Waals surface area (Å²) >= 11 is 0. The Labute approximate surface area is 169 Å². The van der Waals surface area contributed by atoms with Crippen LogP contribution in [0, 0.1) is 0 Å². The summed E-state index contributed by atoms with van der Waals surface area (Å²) in [5.41, 5.74) is 4.38. The predicted molar refractivity (Wildman–Crippen MR) is 112 cm³/mol. The number of pyridine rings is 2. The third kappa shape index (κ3) is 3.24. The van der Waals surface area contributed by atoms with Crippen LogP contribution in [0.25, 0.3) is 17.1 Å². The number of hydrogen-bond acceptors (Lipinski definition) is 5. The van der Waals surface area contributed by atoms with Gasteiger partial charge >= 0.3 is 0 Å². The van der Waals surface area contributed by atoms with Crippen LogP contribution in [0.15, 0.2) is 61.2 Å². The Hall–Kier alpha value is -3.28. The van der Waals surface area contributed by atoms with E-state index in [0.29, 0.717) is 12.0 Å². The van der Waals surface area contributed by atoms with Crippen LogP contribution < -0.4 is 4.90 Å². The molecule has 0 aromatic carbocycles. The highest BCUT2D eigenvalue weighted by molar-refractivity contribution is 5.77. The lowest BCUT2D eigenvalue weighted by atomic mass is 10.1. The van der Waals surface area contributed by atoms with Gasteiger partial charge in [0.25, 0.3) is 0 Å². The largest absolute Gasteiger partial charge is 0.329 e. The molecule has 6 rings (SSSR count). The van der Waals surface area contributed by atoms with E-state index in [-0.39, 0.29) is 0 Å². The average Bonchev–Trinajstić information content (AvgIpc) is 3.73. The topological polar surface area (TPSA) is 59.7 Å². The fourth-order valence-corrected chi connectivity index (χ4v) is 3.84. The van der Waals surface area contributed by atoms with Gasteiger partial charge in [-0.2, -0.15) is 0 Å². The molecule has 29 heavy (non-hydrogen) atoms. The highest BCUT2D eigenvalue weighted by Gasteiger charge is 2.27. The molecule has 6 nitrogen and oxygen atoms in total. The van der Waals surface area contributed by atoms with E-state index >= 15 is 0 Å². The molecule has 0 spiro atoms. The molecule has 0 atom stereocenters. The molecule has 0 saturated heterocycles. The van der Waals surface area contributed by atoms with Gasteiger partial charge < -0.3 is 9.47 Å². The zero-order valence-electron chi connectivity index (χ0n) is 16.1. The third-order valence-electron chi connectivity index (χ3n) is 5.78. The summed E-state index contributed by atoms with van der Waals surface area (Å²) in [5, 5.41) is 8.43. The van der Waals surface area contributed by atoms with E-state index in [4.69, 9.17) is 4.98 Å². The van der Waals surface area contributed by atoms with Crippen molar-refractivity contribution in [2.24, 2.45) is 0 Å². The molecule has 2 fully saturated rings. The zero-order chi connectivity index (χ0) is 19.2. The second-order valence-corrected chi connectivity index (χ2v) is 8.06. The van der Waals surface area contributed by atoms with E-state index in [2.05, 4.69) is 55.1 Å². The predicted octanol–water partition coefficient (Wildman–Crippen LogP) is 4.36. The molecule has 1 aliphatic heterocycles. The molecule has 3 aromatic heterocycles. The van der Waals surface area contributed by atoms with Crippen molar-refractivity contribution in [3.05, 3.63) is 72.5 Å². The lowest BCUT2D eigenvalue weighted by Gasteiger charge is -2.23. The van der Waals surface area contributed by atoms with Gasteiger partial charge in [0, 0.05) is 42.2 Å². The monoisotopic (exact) mass is 382 g/mol. The molecule has 144 valence electrons. The first kappa shape index (κ1) is 16.7. The molecule has 3 aromatic rings. The SMILES string of the molecule is C1=CC(c2ccc(C3CC3)nc2)=CN(c2cccc(-c3nncn3C3CC3)n2)C1. The fraction of sp³-hybridized carbons (Fsp3) is 0.304. The van der Waals surface area contributed by atoms with Crippen molar-refractivity contribution in [3.63, 3.8) is 0 Å². The summed E-state index contributed by atoms with van der Waals surface area (Å²) < 4.78 is 2.15. The summed E-state index contributed by atoms with van der Waals surface area (Å²) in [6.07, 6.45) is 15.3. The standard InChI is InChI=1S/C23H22N6/c1-4-21(23-27-25-15-29(23)19-9-10-19)26-22(5-1)28-12-2-3-18(14-28)17-8-11-20(24-13-17)16-6-7-16/h1-5,8,11,13-16,19H,6-7,9-10,12H2. The second-order valence-electron chi connectivity index (χ2n) is 8.06. The summed E-state index contributed by atoms with van der Waals surface area (Å²) in [6.45, 7) is 0.794. The smallest absolute Gasteiger partial charge is 0.182 e. The van der Waals surface area contributed by atoms with Gasteiger partial charge in [0.15, 0.2) is 5.82 Å². The van der Waals surface area contributed by atoms with Crippen LogP contribution in [0.1, 0.15) is 48.9 Å². The van der Waals surface area contributed by atoms with Crippen LogP contribution in [0.3, 0.4) is 0 Å². The van der Waals surface area contributed by atoms with Crippen molar-refractivity contribution in [1.29, 1.82) is 0 Å². The molecule has 2 aliphatic carbocycles. The van der Waals surface area contributed by atoms with Crippen molar-refractivity contribution in [1.82, 2.24) is 24.7 Å². The fourth-order valence-electron chi connectivity index (χ4n) is 3.84. The highest BCUT2D eigenvalue weighted by Crippen LogP contribution is 2.39. The Kier molecular flexibility index (Phi) is 3.82. The summed E-state index contributed by atoms with van der Waals surface area (Å²) in [5.74, 6) is 2.45. The molecule has 0 amide bonds. The van der Waals surface area contributed by atoms with Crippen molar-refractivity contribution in [2.75, 3.05) is 11.4 Å². The van der Waals surface area contributed by atoms with Crippen LogP contribution in [0.4, 0.5) is 5.82 Å². The van der Waals surface area contributed by atoms with Gasteiger partial charge in [0.05, 0.1) is 0 Å². The number of anilines is 1. The van der Waals surface area contributed by atoms with Gasteiger partial charge in [-0.05, 0) is 49.5 Å². The maximum Gasteiger partial charge on any atom is 0.182 e. The van der Waals surface area contributed by atoms with Crippen molar-refractivity contribution >= 4 is 11.4 Å². The van der Waals surface area contributed by atoms with Crippen LogP contribution >= 0.6 is 0 Å². The third-order valence-corrected chi connectivity index (χ3v) is 5.78. The number of allylic oxidation sites excluding steroid dienone is 2. The van der Waals surface area contributed by atoms with Crippen LogP contribution in [-0.2, 0) is 0 Å². The van der Waals surface area contributed by atoms with E-state index < -0.39 is 0 Å². The Morgan fingerprint density at radius 3 is 2.72 bits per heavy atom. The number of hydrogen-bond donors (Lipinski definition) is 0. The Bertz CT molecular complexity index is 1100. The quantitative estimate of drug-likeness (QED) is 0.656. The van der Waals surface area contributed by atoms with Gasteiger partial charge in [-0.15, -0.1) is 10.2 Å². The van der Waals surface area contributed by atoms with Gasteiger partial charge in [-0.25, -0.2) is 4.98 Å². The van der Waals surface area contributed by atoms with E-state index in [9.17, 15) is 0 Å². The number of aromatic nitrogens is 5. The van der Waals surface area contributed by atoms with E-state index in [1.165, 1.54) is 31.4 Å². The minimum atomic E-state index is 0.529. The highest BCUT2D eigenvalue weighted by atomic mass is 15.3. The number of nitrogens with zero attached hydrogens (tertiary/aromatic N) is 6. The van der Waals surface area contributed by atoms with Crippen LogP contribution in [0.5, 0.6) is 0 Å². The molecule has 3 aliphatic rings. The molecule has 0 unspecified atom stereocenters. The number of rotatable bonds is 5. The normalized spacial score (nSPS) is 18.8. The van der Waals surface area contributed by atoms with Gasteiger partial charge in [-0.3, -0.25) is 4.98 Å². The first-order valence-electron chi connectivity index (χ1n) is 10.3. The zero-order valence-corrected chi connectivity index (χ0v) is 16.1. The molecule has 4 heterocycles. The first-order valence-corrected chi connectivity index (χ1v) is 10.3. The Morgan fingerprint density at radius 1 is 1.00 bits per heavy atom.